The molecule has 4 heteroatoms. The molecule has 0 aliphatic carbocycles. The van der Waals surface area contributed by atoms with Crippen LogP contribution in [0, 0.1) is 5.92 Å². The number of anilines is 1. The SMILES string of the molecule is CC(C)NCC1CCN(c2cccnn2)CC1. The zero-order valence-electron chi connectivity index (χ0n) is 10.8. The minimum Gasteiger partial charge on any atom is -0.355 e. The fourth-order valence-corrected chi connectivity index (χ4v) is 2.23. The first kappa shape index (κ1) is 12.3. The first-order chi connectivity index (χ1) is 8.25. The maximum absolute atomic E-state index is 4.16. The minimum atomic E-state index is 0.591. The molecule has 2 rings (SSSR count). The van der Waals surface area contributed by atoms with Gasteiger partial charge in [0.2, 0.25) is 0 Å². The summed E-state index contributed by atoms with van der Waals surface area (Å²) >= 11 is 0. The van der Waals surface area contributed by atoms with Crippen LogP contribution in [0.3, 0.4) is 0 Å². The van der Waals surface area contributed by atoms with Gasteiger partial charge in [-0.2, -0.15) is 5.10 Å². The van der Waals surface area contributed by atoms with Crippen molar-refractivity contribution in [3.05, 3.63) is 18.3 Å². The van der Waals surface area contributed by atoms with E-state index in [1.54, 1.807) is 6.20 Å². The first-order valence-corrected chi connectivity index (χ1v) is 6.51. The van der Waals surface area contributed by atoms with Crippen LogP contribution in [0.5, 0.6) is 0 Å². The highest BCUT2D eigenvalue weighted by atomic mass is 15.3. The molecule has 0 aromatic carbocycles. The standard InChI is InChI=1S/C13H22N4/c1-11(2)14-10-12-5-8-17(9-6-12)13-4-3-7-15-16-13/h3-4,7,11-12,14H,5-6,8-10H2,1-2H3. The maximum atomic E-state index is 4.16. The lowest BCUT2D eigenvalue weighted by atomic mass is 9.96. The van der Waals surface area contributed by atoms with Gasteiger partial charge in [-0.25, -0.2) is 0 Å². The summed E-state index contributed by atoms with van der Waals surface area (Å²) in [6, 6.07) is 4.59. The molecular formula is C13H22N4. The van der Waals surface area contributed by atoms with Crippen LogP contribution in [0.2, 0.25) is 0 Å². The Bertz CT molecular complexity index is 317. The molecule has 0 saturated carbocycles. The lowest BCUT2D eigenvalue weighted by molar-refractivity contribution is 0.369. The number of hydrogen-bond donors (Lipinski definition) is 1. The third kappa shape index (κ3) is 3.66. The van der Waals surface area contributed by atoms with Crippen molar-refractivity contribution in [3.8, 4) is 0 Å². The van der Waals surface area contributed by atoms with E-state index in [2.05, 4.69) is 34.3 Å². The number of piperidine rings is 1. The van der Waals surface area contributed by atoms with Crippen LogP contribution in [0.25, 0.3) is 0 Å². The molecule has 1 aliphatic rings. The molecule has 0 spiro atoms. The van der Waals surface area contributed by atoms with Crippen LogP contribution in [0.1, 0.15) is 26.7 Å². The van der Waals surface area contributed by atoms with Gasteiger partial charge in [-0.1, -0.05) is 13.8 Å². The van der Waals surface area contributed by atoms with Crippen molar-refractivity contribution in [2.75, 3.05) is 24.5 Å². The van der Waals surface area contributed by atoms with Crippen molar-refractivity contribution in [1.29, 1.82) is 0 Å². The largest absolute Gasteiger partial charge is 0.355 e. The van der Waals surface area contributed by atoms with E-state index in [9.17, 15) is 0 Å². The normalized spacial score (nSPS) is 17.7. The first-order valence-electron chi connectivity index (χ1n) is 6.51. The second-order valence-electron chi connectivity index (χ2n) is 5.08. The molecule has 0 bridgehead atoms. The van der Waals surface area contributed by atoms with Crippen molar-refractivity contribution in [1.82, 2.24) is 15.5 Å². The Balaban J connectivity index is 1.78. The summed E-state index contributed by atoms with van der Waals surface area (Å²) in [7, 11) is 0. The zero-order chi connectivity index (χ0) is 12.1. The lowest BCUT2D eigenvalue weighted by Gasteiger charge is -2.32. The molecule has 0 unspecified atom stereocenters. The Kier molecular flexibility index (Phi) is 4.31. The molecule has 1 saturated heterocycles. The Morgan fingerprint density at radius 3 is 2.76 bits per heavy atom. The highest BCUT2D eigenvalue weighted by Crippen LogP contribution is 2.20. The number of hydrogen-bond acceptors (Lipinski definition) is 4. The van der Waals surface area contributed by atoms with Crippen LogP contribution in [-0.2, 0) is 0 Å². The second-order valence-corrected chi connectivity index (χ2v) is 5.08. The molecule has 1 aromatic rings. The molecule has 1 N–H and O–H groups in total. The van der Waals surface area contributed by atoms with Crippen LogP contribution in [0.4, 0.5) is 5.82 Å². The van der Waals surface area contributed by atoms with E-state index in [0.717, 1.165) is 31.4 Å². The summed E-state index contributed by atoms with van der Waals surface area (Å²) in [5.41, 5.74) is 0. The summed E-state index contributed by atoms with van der Waals surface area (Å²) in [4.78, 5) is 2.33. The second kappa shape index (κ2) is 5.96. The quantitative estimate of drug-likeness (QED) is 0.861. The number of nitrogens with zero attached hydrogens (tertiary/aromatic N) is 3. The van der Waals surface area contributed by atoms with E-state index in [1.165, 1.54) is 12.8 Å². The third-order valence-corrected chi connectivity index (χ3v) is 3.31. The summed E-state index contributed by atoms with van der Waals surface area (Å²) in [5.74, 6) is 1.83. The fourth-order valence-electron chi connectivity index (χ4n) is 2.23. The predicted molar refractivity (Wildman–Crippen MR) is 70.1 cm³/mol. The maximum Gasteiger partial charge on any atom is 0.151 e. The summed E-state index contributed by atoms with van der Waals surface area (Å²) in [6.07, 6.45) is 4.22. The van der Waals surface area contributed by atoms with E-state index in [-0.39, 0.29) is 0 Å². The van der Waals surface area contributed by atoms with Crippen molar-refractivity contribution >= 4 is 5.82 Å². The van der Waals surface area contributed by atoms with E-state index in [0.29, 0.717) is 6.04 Å². The number of nitrogens with one attached hydrogen (secondary N) is 1. The molecule has 17 heavy (non-hydrogen) atoms. The van der Waals surface area contributed by atoms with Crippen molar-refractivity contribution in [2.24, 2.45) is 5.92 Å². The van der Waals surface area contributed by atoms with Gasteiger partial charge in [0, 0.05) is 25.3 Å². The van der Waals surface area contributed by atoms with Crippen molar-refractivity contribution in [3.63, 3.8) is 0 Å². The smallest absolute Gasteiger partial charge is 0.151 e. The van der Waals surface area contributed by atoms with Crippen molar-refractivity contribution < 1.29 is 0 Å². The van der Waals surface area contributed by atoms with Gasteiger partial charge in [0.1, 0.15) is 0 Å². The summed E-state index contributed by atoms with van der Waals surface area (Å²) < 4.78 is 0. The molecule has 1 fully saturated rings. The number of aromatic nitrogens is 2. The van der Waals surface area contributed by atoms with Crippen LogP contribution >= 0.6 is 0 Å². The average Bonchev–Trinajstić information content (AvgIpc) is 2.38. The molecule has 2 heterocycles. The molecule has 0 radical (unpaired) electrons. The monoisotopic (exact) mass is 234 g/mol. The van der Waals surface area contributed by atoms with Gasteiger partial charge in [-0.3, -0.25) is 0 Å². The van der Waals surface area contributed by atoms with Gasteiger partial charge in [0.25, 0.3) is 0 Å². The Hall–Kier alpha value is -1.16. The Morgan fingerprint density at radius 1 is 1.41 bits per heavy atom. The van der Waals surface area contributed by atoms with E-state index < -0.39 is 0 Å². The Labute approximate surface area is 103 Å². The molecule has 1 aliphatic heterocycles. The summed E-state index contributed by atoms with van der Waals surface area (Å²) in [6.45, 7) is 7.75. The predicted octanol–water partition coefficient (Wildman–Crippen LogP) is 1.69. The van der Waals surface area contributed by atoms with Gasteiger partial charge in [-0.15, -0.1) is 5.10 Å². The number of rotatable bonds is 4. The van der Waals surface area contributed by atoms with Gasteiger partial charge in [0.15, 0.2) is 5.82 Å². The van der Waals surface area contributed by atoms with E-state index in [1.807, 2.05) is 12.1 Å². The van der Waals surface area contributed by atoms with Crippen LogP contribution in [-0.4, -0.2) is 35.9 Å². The molecule has 1 aromatic heterocycles. The topological polar surface area (TPSA) is 41.0 Å². The molecule has 94 valence electrons. The Morgan fingerprint density at radius 2 is 2.18 bits per heavy atom. The molecule has 0 amide bonds. The van der Waals surface area contributed by atoms with Gasteiger partial charge < -0.3 is 10.2 Å². The lowest BCUT2D eigenvalue weighted by Crippen LogP contribution is -2.39. The van der Waals surface area contributed by atoms with E-state index in [4.69, 9.17) is 0 Å². The van der Waals surface area contributed by atoms with Gasteiger partial charge in [0.05, 0.1) is 0 Å². The molecular weight excluding hydrogens is 212 g/mol. The highest BCUT2D eigenvalue weighted by Gasteiger charge is 2.19. The van der Waals surface area contributed by atoms with Crippen LogP contribution < -0.4 is 10.2 Å². The molecule has 0 atom stereocenters. The van der Waals surface area contributed by atoms with E-state index >= 15 is 0 Å². The van der Waals surface area contributed by atoms with Crippen LogP contribution in [0.15, 0.2) is 18.3 Å². The molecule has 4 nitrogen and oxygen atoms in total. The summed E-state index contributed by atoms with van der Waals surface area (Å²) in [5, 5.41) is 11.6. The fraction of sp³-hybridized carbons (Fsp3) is 0.692. The zero-order valence-corrected chi connectivity index (χ0v) is 10.8. The van der Waals surface area contributed by atoms with Crippen molar-refractivity contribution in [2.45, 2.75) is 32.7 Å². The van der Waals surface area contributed by atoms with Gasteiger partial charge in [-0.05, 0) is 37.4 Å². The average molecular weight is 234 g/mol. The third-order valence-electron chi connectivity index (χ3n) is 3.31. The van der Waals surface area contributed by atoms with Gasteiger partial charge >= 0.3 is 0 Å². The highest BCUT2D eigenvalue weighted by molar-refractivity contribution is 5.36. The minimum absolute atomic E-state index is 0.591.